The average molecular weight is 461 g/mol. The number of aliphatic hydroxyl groups is 2. The van der Waals surface area contributed by atoms with E-state index in [1.165, 1.54) is 29.4 Å². The molecule has 1 fully saturated rings. The number of anilines is 2. The van der Waals surface area contributed by atoms with Crippen molar-refractivity contribution < 1.29 is 23.9 Å². The van der Waals surface area contributed by atoms with Crippen molar-refractivity contribution in [3.05, 3.63) is 59.2 Å². The number of aryl methyl sites for hydroxylation is 1. The molecule has 166 valence electrons. The van der Waals surface area contributed by atoms with Crippen LogP contribution in [0, 0.1) is 5.82 Å². The molecule has 1 aromatic carbocycles. The van der Waals surface area contributed by atoms with Crippen molar-refractivity contribution in [2.24, 2.45) is 0 Å². The Morgan fingerprint density at radius 1 is 1.19 bits per heavy atom. The van der Waals surface area contributed by atoms with Gasteiger partial charge in [-0.05, 0) is 24.6 Å². The van der Waals surface area contributed by atoms with E-state index in [1.54, 1.807) is 12.1 Å². The van der Waals surface area contributed by atoms with Crippen LogP contribution >= 0.6 is 11.6 Å². The first-order chi connectivity index (χ1) is 15.5. The van der Waals surface area contributed by atoms with E-state index in [4.69, 9.17) is 20.9 Å². The van der Waals surface area contributed by atoms with E-state index in [-0.39, 0.29) is 16.5 Å². The van der Waals surface area contributed by atoms with Crippen LogP contribution in [0.3, 0.4) is 0 Å². The van der Waals surface area contributed by atoms with Crippen LogP contribution < -0.4 is 5.32 Å². The average Bonchev–Trinajstić information content (AvgIpc) is 3.49. The molecule has 3 aromatic heterocycles. The minimum absolute atomic E-state index is 0.161. The van der Waals surface area contributed by atoms with Crippen molar-refractivity contribution in [2.45, 2.75) is 37.9 Å². The van der Waals surface area contributed by atoms with Crippen LogP contribution in [0.1, 0.15) is 30.7 Å². The standard InChI is InChI=1S/C20H18ClFN6O4/c1-2-10-6-13(32-27-10)17-15(29)16(30)20(31-17)28-8-25-14-18(23-7-24-19(14)28)26-12-4-3-9(21)5-11(12)22/h3-8,15-17,20,29-30H,2H2,1H3,(H,23,24,26)/t15-,16+,17+,20+/m0/s1. The van der Waals surface area contributed by atoms with Gasteiger partial charge in [0.15, 0.2) is 29.0 Å². The van der Waals surface area contributed by atoms with E-state index >= 15 is 0 Å². The fourth-order valence-corrected chi connectivity index (χ4v) is 3.76. The fourth-order valence-electron chi connectivity index (χ4n) is 3.60. The van der Waals surface area contributed by atoms with Gasteiger partial charge in [0.1, 0.15) is 30.5 Å². The first kappa shape index (κ1) is 20.8. The van der Waals surface area contributed by atoms with Crippen molar-refractivity contribution in [3.63, 3.8) is 0 Å². The molecule has 4 aromatic rings. The molecule has 0 unspecified atom stereocenters. The van der Waals surface area contributed by atoms with Gasteiger partial charge in [-0.2, -0.15) is 0 Å². The summed E-state index contributed by atoms with van der Waals surface area (Å²) in [6.45, 7) is 1.92. The zero-order valence-corrected chi connectivity index (χ0v) is 17.4. The largest absolute Gasteiger partial charge is 0.387 e. The van der Waals surface area contributed by atoms with E-state index < -0.39 is 30.4 Å². The molecule has 1 aliphatic rings. The maximum absolute atomic E-state index is 14.2. The summed E-state index contributed by atoms with van der Waals surface area (Å²) in [5.74, 6) is 0.0145. The summed E-state index contributed by atoms with van der Waals surface area (Å²) >= 11 is 5.80. The first-order valence-electron chi connectivity index (χ1n) is 9.83. The van der Waals surface area contributed by atoms with Gasteiger partial charge < -0.3 is 24.8 Å². The van der Waals surface area contributed by atoms with Crippen molar-refractivity contribution in [1.29, 1.82) is 0 Å². The highest BCUT2D eigenvalue weighted by Crippen LogP contribution is 2.40. The van der Waals surface area contributed by atoms with Gasteiger partial charge in [0, 0.05) is 11.1 Å². The monoisotopic (exact) mass is 460 g/mol. The minimum Gasteiger partial charge on any atom is -0.387 e. The maximum Gasteiger partial charge on any atom is 0.168 e. The molecule has 3 N–H and O–H groups in total. The summed E-state index contributed by atoms with van der Waals surface area (Å²) in [5, 5.41) is 28.2. The van der Waals surface area contributed by atoms with Gasteiger partial charge >= 0.3 is 0 Å². The molecule has 1 saturated heterocycles. The second-order valence-corrected chi connectivity index (χ2v) is 7.73. The number of rotatable bonds is 5. The zero-order valence-electron chi connectivity index (χ0n) is 16.7. The summed E-state index contributed by atoms with van der Waals surface area (Å²) in [4.78, 5) is 12.7. The van der Waals surface area contributed by atoms with Gasteiger partial charge in [0.25, 0.3) is 0 Å². The lowest BCUT2D eigenvalue weighted by atomic mass is 10.1. The molecule has 5 rings (SSSR count). The Labute approximate surface area is 185 Å². The number of hydrogen-bond acceptors (Lipinski definition) is 9. The predicted octanol–water partition coefficient (Wildman–Crippen LogP) is 2.90. The molecular formula is C20H18ClFN6O4. The summed E-state index contributed by atoms with van der Waals surface area (Å²) < 4.78 is 26.9. The van der Waals surface area contributed by atoms with E-state index in [2.05, 4.69) is 25.4 Å². The summed E-state index contributed by atoms with van der Waals surface area (Å²) in [7, 11) is 0. The number of ether oxygens (including phenoxy) is 1. The molecule has 0 spiro atoms. The van der Waals surface area contributed by atoms with E-state index in [9.17, 15) is 14.6 Å². The van der Waals surface area contributed by atoms with Crippen molar-refractivity contribution in [1.82, 2.24) is 24.7 Å². The molecule has 32 heavy (non-hydrogen) atoms. The van der Waals surface area contributed by atoms with Crippen molar-refractivity contribution in [3.8, 4) is 0 Å². The molecule has 1 aliphatic heterocycles. The molecule has 4 heterocycles. The second-order valence-electron chi connectivity index (χ2n) is 7.30. The van der Waals surface area contributed by atoms with E-state index in [0.717, 1.165) is 0 Å². The molecule has 0 radical (unpaired) electrons. The summed E-state index contributed by atoms with van der Waals surface area (Å²) in [6.07, 6.45) is -1.11. The number of imidazole rings is 1. The molecule has 12 heteroatoms. The topological polar surface area (TPSA) is 131 Å². The second kappa shape index (κ2) is 8.10. The van der Waals surface area contributed by atoms with Crippen LogP contribution in [0.5, 0.6) is 0 Å². The van der Waals surface area contributed by atoms with Crippen LogP contribution in [-0.4, -0.2) is 47.1 Å². The smallest absolute Gasteiger partial charge is 0.168 e. The van der Waals surface area contributed by atoms with Gasteiger partial charge in [0.2, 0.25) is 0 Å². The highest BCUT2D eigenvalue weighted by molar-refractivity contribution is 6.30. The Morgan fingerprint density at radius 2 is 2.03 bits per heavy atom. The Balaban J connectivity index is 1.47. The highest BCUT2D eigenvalue weighted by atomic mass is 35.5. The Bertz CT molecular complexity index is 1280. The van der Waals surface area contributed by atoms with Crippen LogP contribution in [0.15, 0.2) is 41.4 Å². The number of hydrogen-bond donors (Lipinski definition) is 3. The van der Waals surface area contributed by atoms with Crippen LogP contribution in [0.4, 0.5) is 15.9 Å². The van der Waals surface area contributed by atoms with Gasteiger partial charge in [0.05, 0.1) is 17.7 Å². The third-order valence-corrected chi connectivity index (χ3v) is 5.51. The molecule has 0 aliphatic carbocycles. The number of aliphatic hydroxyl groups excluding tert-OH is 2. The molecule has 0 bridgehead atoms. The maximum atomic E-state index is 14.2. The molecule has 0 saturated carbocycles. The van der Waals surface area contributed by atoms with Gasteiger partial charge in [-0.3, -0.25) is 4.57 Å². The summed E-state index contributed by atoms with van der Waals surface area (Å²) in [6, 6.07) is 5.88. The first-order valence-corrected chi connectivity index (χ1v) is 10.2. The van der Waals surface area contributed by atoms with E-state index in [0.29, 0.717) is 29.0 Å². The molecular weight excluding hydrogens is 443 g/mol. The van der Waals surface area contributed by atoms with Crippen molar-refractivity contribution in [2.75, 3.05) is 5.32 Å². The molecule has 10 nitrogen and oxygen atoms in total. The number of fused-ring (bicyclic) bond motifs is 1. The normalized spacial score (nSPS) is 23.2. The fraction of sp³-hybridized carbons (Fsp3) is 0.300. The molecule has 0 amide bonds. The van der Waals surface area contributed by atoms with Crippen LogP contribution in [0.2, 0.25) is 5.02 Å². The minimum atomic E-state index is -1.28. The van der Waals surface area contributed by atoms with Gasteiger partial charge in [-0.1, -0.05) is 23.7 Å². The van der Waals surface area contributed by atoms with Crippen LogP contribution in [-0.2, 0) is 11.2 Å². The highest BCUT2D eigenvalue weighted by Gasteiger charge is 2.46. The lowest BCUT2D eigenvalue weighted by Crippen LogP contribution is -2.28. The zero-order chi connectivity index (χ0) is 22.4. The van der Waals surface area contributed by atoms with Crippen molar-refractivity contribution >= 4 is 34.3 Å². The SMILES string of the molecule is CCc1cc([C@H]2O[C@@H](n3cnc4c(Nc5ccc(Cl)cc5F)ncnc43)[C@H](O)[C@@H]2O)on1. The van der Waals surface area contributed by atoms with Gasteiger partial charge in [-0.25, -0.2) is 19.3 Å². The number of benzene rings is 1. The Kier molecular flexibility index (Phi) is 5.25. The lowest BCUT2D eigenvalue weighted by molar-refractivity contribution is -0.0434. The molecule has 4 atom stereocenters. The number of aromatic nitrogens is 5. The Hall–Kier alpha value is -3.12. The number of nitrogens with zero attached hydrogens (tertiary/aromatic N) is 5. The quantitative estimate of drug-likeness (QED) is 0.411. The summed E-state index contributed by atoms with van der Waals surface area (Å²) in [5.41, 5.74) is 1.51. The Morgan fingerprint density at radius 3 is 2.78 bits per heavy atom. The number of nitrogens with one attached hydrogen (secondary N) is 1. The van der Waals surface area contributed by atoms with Gasteiger partial charge in [-0.15, -0.1) is 0 Å². The predicted molar refractivity (Wildman–Crippen MR) is 111 cm³/mol. The third kappa shape index (κ3) is 3.48. The number of halogens is 2. The van der Waals surface area contributed by atoms with E-state index in [1.807, 2.05) is 6.92 Å². The third-order valence-electron chi connectivity index (χ3n) is 5.28. The lowest BCUT2D eigenvalue weighted by Gasteiger charge is -2.16. The van der Waals surface area contributed by atoms with Crippen LogP contribution in [0.25, 0.3) is 11.2 Å².